The molecule has 2 N–H and O–H groups in total. The van der Waals surface area contributed by atoms with Gasteiger partial charge in [0, 0.05) is 51.4 Å². The number of piperidine rings is 1. The fraction of sp³-hybridized carbons (Fsp3) is 0.423. The lowest BCUT2D eigenvalue weighted by Crippen LogP contribution is -2.36. The van der Waals surface area contributed by atoms with E-state index in [2.05, 4.69) is 15.6 Å². The second-order valence-corrected chi connectivity index (χ2v) is 8.50. The van der Waals surface area contributed by atoms with Gasteiger partial charge < -0.3 is 20.4 Å². The molecule has 0 unspecified atom stereocenters. The van der Waals surface area contributed by atoms with Gasteiger partial charge in [0.2, 0.25) is 0 Å². The molecule has 1 heterocycles. The van der Waals surface area contributed by atoms with Crippen LogP contribution in [0.4, 0.5) is 0 Å². The molecular weight excluding hydrogens is 414 g/mol. The fourth-order valence-electron chi connectivity index (χ4n) is 3.75. The van der Waals surface area contributed by atoms with Crippen LogP contribution in [0.25, 0.3) is 0 Å². The van der Waals surface area contributed by atoms with Crippen LogP contribution in [0.15, 0.2) is 53.5 Å². The molecule has 176 valence electrons. The zero-order valence-electron chi connectivity index (χ0n) is 19.9. The summed E-state index contributed by atoms with van der Waals surface area (Å²) in [6.45, 7) is 5.62. The maximum atomic E-state index is 12.6. The summed E-state index contributed by atoms with van der Waals surface area (Å²) in [5.74, 6) is 0.838. The van der Waals surface area contributed by atoms with Gasteiger partial charge in [-0.2, -0.15) is 0 Å². The summed E-state index contributed by atoms with van der Waals surface area (Å²) in [6.07, 6.45) is 3.40. The summed E-state index contributed by atoms with van der Waals surface area (Å²) in [5, 5.41) is 6.59. The highest BCUT2D eigenvalue weighted by Crippen LogP contribution is 2.14. The first kappa shape index (κ1) is 24.3. The number of carbonyl (C=O) groups is 2. The number of benzene rings is 2. The van der Waals surface area contributed by atoms with E-state index in [0.717, 1.165) is 55.1 Å². The predicted octanol–water partition coefficient (Wildman–Crippen LogP) is 3.27. The Morgan fingerprint density at radius 1 is 0.879 bits per heavy atom. The average molecular weight is 450 g/mol. The zero-order chi connectivity index (χ0) is 23.6. The Morgan fingerprint density at radius 2 is 1.48 bits per heavy atom. The number of hydrogen-bond acceptors (Lipinski definition) is 3. The number of guanidine groups is 1. The zero-order valence-corrected chi connectivity index (χ0v) is 19.9. The maximum absolute atomic E-state index is 12.6. The number of hydrogen-bond donors (Lipinski definition) is 2. The van der Waals surface area contributed by atoms with E-state index >= 15 is 0 Å². The topological polar surface area (TPSA) is 77.0 Å². The second kappa shape index (κ2) is 12.0. The summed E-state index contributed by atoms with van der Waals surface area (Å²) >= 11 is 0. The summed E-state index contributed by atoms with van der Waals surface area (Å²) in [6, 6.07) is 15.3. The average Bonchev–Trinajstić information content (AvgIpc) is 2.86. The molecule has 7 heteroatoms. The number of likely N-dealkylation sites (tertiary alicyclic amines) is 1. The third-order valence-electron chi connectivity index (χ3n) is 5.68. The molecule has 0 atom stereocenters. The van der Waals surface area contributed by atoms with Gasteiger partial charge in [-0.05, 0) is 61.6 Å². The quantitative estimate of drug-likeness (QED) is 0.502. The molecule has 0 aliphatic carbocycles. The van der Waals surface area contributed by atoms with E-state index in [1.54, 1.807) is 19.0 Å². The SMILES string of the molecule is CCNC(=NCc1ccc(C(=O)N2CCCCC2)cc1)NCc1ccc(C(=O)N(C)C)cc1. The van der Waals surface area contributed by atoms with E-state index < -0.39 is 0 Å². The first-order valence-corrected chi connectivity index (χ1v) is 11.7. The van der Waals surface area contributed by atoms with Gasteiger partial charge in [-0.3, -0.25) is 9.59 Å². The van der Waals surface area contributed by atoms with Crippen molar-refractivity contribution in [2.24, 2.45) is 4.99 Å². The second-order valence-electron chi connectivity index (χ2n) is 8.50. The van der Waals surface area contributed by atoms with Crippen molar-refractivity contribution in [3.05, 3.63) is 70.8 Å². The summed E-state index contributed by atoms with van der Waals surface area (Å²) in [5.41, 5.74) is 3.53. The van der Waals surface area contributed by atoms with Gasteiger partial charge >= 0.3 is 0 Å². The van der Waals surface area contributed by atoms with E-state index in [1.807, 2.05) is 60.4 Å². The minimum absolute atomic E-state index is 0.00643. The third-order valence-corrected chi connectivity index (χ3v) is 5.68. The molecule has 1 fully saturated rings. The highest BCUT2D eigenvalue weighted by Gasteiger charge is 2.17. The monoisotopic (exact) mass is 449 g/mol. The van der Waals surface area contributed by atoms with Gasteiger partial charge in [-0.25, -0.2) is 4.99 Å². The minimum Gasteiger partial charge on any atom is -0.357 e. The molecular formula is C26H35N5O2. The van der Waals surface area contributed by atoms with E-state index in [0.29, 0.717) is 18.7 Å². The molecule has 0 saturated carbocycles. The van der Waals surface area contributed by atoms with E-state index in [1.165, 1.54) is 6.42 Å². The molecule has 3 rings (SSSR count). The molecule has 2 amide bonds. The molecule has 2 aromatic rings. The van der Waals surface area contributed by atoms with E-state index in [4.69, 9.17) is 0 Å². The molecule has 1 aliphatic rings. The van der Waals surface area contributed by atoms with Gasteiger partial charge in [0.1, 0.15) is 0 Å². The molecule has 7 nitrogen and oxygen atoms in total. The van der Waals surface area contributed by atoms with Crippen LogP contribution in [0.5, 0.6) is 0 Å². The lowest BCUT2D eigenvalue weighted by atomic mass is 10.1. The normalized spacial score (nSPS) is 14.0. The van der Waals surface area contributed by atoms with Gasteiger partial charge in [-0.15, -0.1) is 0 Å². The van der Waals surface area contributed by atoms with Crippen molar-refractivity contribution in [1.82, 2.24) is 20.4 Å². The lowest BCUT2D eigenvalue weighted by molar-refractivity contribution is 0.0724. The van der Waals surface area contributed by atoms with Crippen molar-refractivity contribution in [1.29, 1.82) is 0 Å². The van der Waals surface area contributed by atoms with Crippen molar-refractivity contribution >= 4 is 17.8 Å². The Kier molecular flexibility index (Phi) is 8.87. The lowest BCUT2D eigenvalue weighted by Gasteiger charge is -2.26. The molecule has 1 aliphatic heterocycles. The highest BCUT2D eigenvalue weighted by molar-refractivity contribution is 5.94. The largest absolute Gasteiger partial charge is 0.357 e. The predicted molar refractivity (Wildman–Crippen MR) is 132 cm³/mol. The molecule has 0 bridgehead atoms. The smallest absolute Gasteiger partial charge is 0.253 e. The molecule has 2 aromatic carbocycles. The van der Waals surface area contributed by atoms with Crippen LogP contribution >= 0.6 is 0 Å². The van der Waals surface area contributed by atoms with Crippen LogP contribution in [-0.2, 0) is 13.1 Å². The van der Waals surface area contributed by atoms with Crippen molar-refractivity contribution in [3.63, 3.8) is 0 Å². The van der Waals surface area contributed by atoms with Gasteiger partial charge in [-0.1, -0.05) is 24.3 Å². The van der Waals surface area contributed by atoms with Crippen molar-refractivity contribution < 1.29 is 9.59 Å². The van der Waals surface area contributed by atoms with Gasteiger partial charge in [0.05, 0.1) is 6.54 Å². The van der Waals surface area contributed by atoms with E-state index in [9.17, 15) is 9.59 Å². The molecule has 0 aromatic heterocycles. The fourth-order valence-corrected chi connectivity index (χ4v) is 3.75. The van der Waals surface area contributed by atoms with Crippen LogP contribution in [0.3, 0.4) is 0 Å². The summed E-state index contributed by atoms with van der Waals surface area (Å²) in [4.78, 5) is 32.8. The first-order valence-electron chi connectivity index (χ1n) is 11.7. The van der Waals surface area contributed by atoms with Crippen LogP contribution in [0.1, 0.15) is 58.0 Å². The maximum Gasteiger partial charge on any atom is 0.253 e. The molecule has 0 spiro atoms. The number of aliphatic imine (C=N–C) groups is 1. The summed E-state index contributed by atoms with van der Waals surface area (Å²) < 4.78 is 0. The highest BCUT2D eigenvalue weighted by atomic mass is 16.2. The Morgan fingerprint density at radius 3 is 2.09 bits per heavy atom. The number of carbonyl (C=O) groups excluding carboxylic acids is 2. The van der Waals surface area contributed by atoms with Crippen LogP contribution < -0.4 is 10.6 Å². The van der Waals surface area contributed by atoms with Crippen molar-refractivity contribution in [2.45, 2.75) is 39.3 Å². The first-order chi connectivity index (χ1) is 16.0. The molecule has 0 radical (unpaired) electrons. The van der Waals surface area contributed by atoms with Gasteiger partial charge in [0.25, 0.3) is 11.8 Å². The summed E-state index contributed by atoms with van der Waals surface area (Å²) in [7, 11) is 3.49. The minimum atomic E-state index is -0.00643. The van der Waals surface area contributed by atoms with Crippen LogP contribution in [0.2, 0.25) is 0 Å². The Hall–Kier alpha value is -3.35. The van der Waals surface area contributed by atoms with Gasteiger partial charge in [0.15, 0.2) is 5.96 Å². The Balaban J connectivity index is 1.56. The van der Waals surface area contributed by atoms with Crippen LogP contribution in [-0.4, -0.2) is 61.3 Å². The van der Waals surface area contributed by atoms with Crippen LogP contribution in [0, 0.1) is 0 Å². The van der Waals surface area contributed by atoms with Crippen molar-refractivity contribution in [3.8, 4) is 0 Å². The number of rotatable bonds is 7. The Labute approximate surface area is 196 Å². The standard InChI is InChI=1S/C26H35N5O2/c1-4-27-26(28-18-20-8-12-22(13-9-20)24(32)30(2)3)29-19-21-10-14-23(15-11-21)25(33)31-16-6-5-7-17-31/h8-15H,4-7,16-19H2,1-3H3,(H2,27,28,29). The molecule has 33 heavy (non-hydrogen) atoms. The van der Waals surface area contributed by atoms with E-state index in [-0.39, 0.29) is 11.8 Å². The molecule has 1 saturated heterocycles. The van der Waals surface area contributed by atoms with Crippen molar-refractivity contribution in [2.75, 3.05) is 33.7 Å². The number of amides is 2. The number of nitrogens with one attached hydrogen (secondary N) is 2. The third kappa shape index (κ3) is 7.07. The number of nitrogens with zero attached hydrogens (tertiary/aromatic N) is 3. The Bertz CT molecular complexity index is 946.